The molecule has 0 N–H and O–H groups in total. The first-order valence-corrected chi connectivity index (χ1v) is 18.8. The van der Waals surface area contributed by atoms with Crippen molar-refractivity contribution >= 4 is 76.3 Å². The molecule has 0 aliphatic carbocycles. The lowest BCUT2D eigenvalue weighted by Gasteiger charge is -2.12. The summed E-state index contributed by atoms with van der Waals surface area (Å²) in [4.78, 5) is 0. The van der Waals surface area contributed by atoms with Gasteiger partial charge in [-0.25, -0.2) is 0 Å². The average Bonchev–Trinajstić information content (AvgIpc) is 3.91. The Morgan fingerprint density at radius 2 is 1.04 bits per heavy atom. The van der Waals surface area contributed by atoms with Crippen molar-refractivity contribution in [2.75, 3.05) is 0 Å². The van der Waals surface area contributed by atoms with Crippen molar-refractivity contribution in [1.29, 1.82) is 0 Å². The Morgan fingerprint density at radius 1 is 0.345 bits per heavy atom. The molecule has 0 radical (unpaired) electrons. The monoisotopic (exact) mass is 700 g/mol. The molecule has 0 fully saturated rings. The van der Waals surface area contributed by atoms with Crippen LogP contribution in [0.25, 0.3) is 110 Å². The van der Waals surface area contributed by atoms with Gasteiger partial charge in [0.1, 0.15) is 11.2 Å². The first-order valence-electron chi connectivity index (χ1n) is 18.8. The van der Waals surface area contributed by atoms with Gasteiger partial charge in [-0.3, -0.25) is 0 Å². The zero-order valence-electron chi connectivity index (χ0n) is 29.8. The summed E-state index contributed by atoms with van der Waals surface area (Å²) in [5, 5.41) is 9.70. The average molecular weight is 701 g/mol. The van der Waals surface area contributed by atoms with E-state index >= 15 is 0 Å². The molecular weight excluding hydrogens is 669 g/mol. The third-order valence-corrected chi connectivity index (χ3v) is 11.5. The van der Waals surface area contributed by atoms with Gasteiger partial charge in [-0.2, -0.15) is 0 Å². The summed E-state index contributed by atoms with van der Waals surface area (Å²) in [7, 11) is 0. The number of aromatic nitrogens is 2. The van der Waals surface area contributed by atoms with Crippen molar-refractivity contribution in [3.05, 3.63) is 194 Å². The summed E-state index contributed by atoms with van der Waals surface area (Å²) in [6.45, 7) is 0. The summed E-state index contributed by atoms with van der Waals surface area (Å²) < 4.78 is 11.3. The second-order valence-corrected chi connectivity index (χ2v) is 14.5. The third-order valence-electron chi connectivity index (χ3n) is 11.5. The van der Waals surface area contributed by atoms with Crippen LogP contribution >= 0.6 is 0 Å². The zero-order chi connectivity index (χ0) is 36.0. The Bertz CT molecular complexity index is 3470. The maximum atomic E-state index is 6.42. The quantitative estimate of drug-likeness (QED) is 0.179. The molecule has 12 aromatic rings. The molecule has 0 amide bonds. The van der Waals surface area contributed by atoms with Crippen molar-refractivity contribution < 1.29 is 4.42 Å². The number of rotatable bonds is 4. The normalized spacial score (nSPS) is 12.0. The fourth-order valence-electron chi connectivity index (χ4n) is 9.00. The lowest BCUT2D eigenvalue weighted by Crippen LogP contribution is -1.96. The van der Waals surface area contributed by atoms with E-state index < -0.39 is 0 Å². The summed E-state index contributed by atoms with van der Waals surface area (Å²) in [6.07, 6.45) is 0. The highest BCUT2D eigenvalue weighted by atomic mass is 16.3. The number of furan rings is 1. The Kier molecular flexibility index (Phi) is 6.34. The maximum Gasteiger partial charge on any atom is 0.143 e. The Labute approximate surface area is 316 Å². The van der Waals surface area contributed by atoms with E-state index in [0.29, 0.717) is 0 Å². The fraction of sp³-hybridized carbons (Fsp3) is 0. The third kappa shape index (κ3) is 4.44. The first kappa shape index (κ1) is 30.1. The molecule has 3 nitrogen and oxygen atoms in total. The number of nitrogens with zero attached hydrogens (tertiary/aromatic N) is 2. The number of hydrogen-bond donors (Lipinski definition) is 0. The molecule has 0 saturated heterocycles. The topological polar surface area (TPSA) is 23.0 Å². The lowest BCUT2D eigenvalue weighted by molar-refractivity contribution is 0.670. The summed E-state index contributed by atoms with van der Waals surface area (Å²) in [6, 6.07) is 70.3. The number of fused-ring (bicyclic) bond motifs is 11. The maximum absolute atomic E-state index is 6.42. The van der Waals surface area contributed by atoms with Crippen LogP contribution in [0.4, 0.5) is 0 Å². The van der Waals surface area contributed by atoms with E-state index in [1.807, 2.05) is 12.1 Å². The molecule has 55 heavy (non-hydrogen) atoms. The van der Waals surface area contributed by atoms with Gasteiger partial charge in [0.05, 0.1) is 22.1 Å². The van der Waals surface area contributed by atoms with Crippen molar-refractivity contribution in [1.82, 2.24) is 9.13 Å². The number of para-hydroxylation sites is 3. The number of hydrogen-bond acceptors (Lipinski definition) is 1. The van der Waals surface area contributed by atoms with Gasteiger partial charge in [0, 0.05) is 49.3 Å². The molecule has 3 aromatic heterocycles. The standard InChI is InChI=1S/C52H32N2O/c1-2-11-33(12-3-1)37-24-29-47-45(32-37)42-28-30-48-50(51(42)54(47)39-27-21-34-13-4-5-14-36(34)31-39)44-16-6-8-19-46(44)53(48)38-25-22-35(23-26-38)40-17-10-18-43-41-15-7-9-20-49(41)55-52(40)43/h1-32H. The largest absolute Gasteiger partial charge is 0.455 e. The van der Waals surface area contributed by atoms with Crippen molar-refractivity contribution in [3.8, 4) is 33.6 Å². The highest BCUT2D eigenvalue weighted by Gasteiger charge is 2.22. The zero-order valence-corrected chi connectivity index (χ0v) is 29.8. The van der Waals surface area contributed by atoms with Crippen LogP contribution in [0.5, 0.6) is 0 Å². The van der Waals surface area contributed by atoms with Crippen molar-refractivity contribution in [2.45, 2.75) is 0 Å². The van der Waals surface area contributed by atoms with E-state index in [2.05, 4.69) is 191 Å². The molecule has 0 saturated carbocycles. The summed E-state index contributed by atoms with van der Waals surface area (Å²) in [5.41, 5.74) is 13.5. The molecule has 0 bridgehead atoms. The van der Waals surface area contributed by atoms with Gasteiger partial charge in [0.25, 0.3) is 0 Å². The van der Waals surface area contributed by atoms with Crippen molar-refractivity contribution in [2.24, 2.45) is 0 Å². The molecule has 0 aliphatic rings. The van der Waals surface area contributed by atoms with Crippen LogP contribution in [0.3, 0.4) is 0 Å². The van der Waals surface area contributed by atoms with Gasteiger partial charge in [-0.05, 0) is 82.1 Å². The van der Waals surface area contributed by atoms with Gasteiger partial charge >= 0.3 is 0 Å². The Hall–Kier alpha value is -7.36. The lowest BCUT2D eigenvalue weighted by atomic mass is 10.0. The van der Waals surface area contributed by atoms with E-state index in [-0.39, 0.29) is 0 Å². The molecule has 3 heteroatoms. The smallest absolute Gasteiger partial charge is 0.143 e. The van der Waals surface area contributed by atoms with Gasteiger partial charge < -0.3 is 13.6 Å². The molecule has 12 rings (SSSR count). The van der Waals surface area contributed by atoms with Crippen LogP contribution < -0.4 is 0 Å². The van der Waals surface area contributed by atoms with Crippen LogP contribution in [0.1, 0.15) is 0 Å². The molecule has 0 atom stereocenters. The minimum atomic E-state index is 0.913. The highest BCUT2D eigenvalue weighted by Crippen LogP contribution is 2.44. The van der Waals surface area contributed by atoms with Gasteiger partial charge in [0.15, 0.2) is 0 Å². The molecule has 3 heterocycles. The van der Waals surface area contributed by atoms with Crippen LogP contribution in [0, 0.1) is 0 Å². The van der Waals surface area contributed by atoms with Gasteiger partial charge in [-0.15, -0.1) is 0 Å². The van der Waals surface area contributed by atoms with E-state index in [4.69, 9.17) is 4.42 Å². The summed E-state index contributed by atoms with van der Waals surface area (Å²) in [5.74, 6) is 0. The highest BCUT2D eigenvalue weighted by molar-refractivity contribution is 6.26. The predicted octanol–water partition coefficient (Wildman–Crippen LogP) is 14.3. The molecular formula is C52H32N2O. The molecule has 256 valence electrons. The van der Waals surface area contributed by atoms with Crippen LogP contribution in [-0.4, -0.2) is 9.13 Å². The van der Waals surface area contributed by atoms with E-state index in [0.717, 1.165) is 44.4 Å². The first-order chi connectivity index (χ1) is 27.3. The second-order valence-electron chi connectivity index (χ2n) is 14.5. The predicted molar refractivity (Wildman–Crippen MR) is 231 cm³/mol. The van der Waals surface area contributed by atoms with Gasteiger partial charge in [0.2, 0.25) is 0 Å². The Balaban J connectivity index is 1.12. The SMILES string of the molecule is c1ccc(-c2ccc3c(c2)c2ccc4c(c5ccccc5n4-c4ccc(-c5cccc6c5oc5ccccc56)cc4)c2n3-c2ccc3ccccc3c2)cc1. The van der Waals surface area contributed by atoms with Crippen LogP contribution in [0.15, 0.2) is 199 Å². The van der Waals surface area contributed by atoms with Crippen LogP contribution in [0.2, 0.25) is 0 Å². The van der Waals surface area contributed by atoms with E-state index in [1.54, 1.807) is 0 Å². The Morgan fingerprint density at radius 3 is 1.93 bits per heavy atom. The molecule has 9 aromatic carbocycles. The molecule has 0 unspecified atom stereocenters. The van der Waals surface area contributed by atoms with Crippen molar-refractivity contribution in [3.63, 3.8) is 0 Å². The number of benzene rings is 9. The summed E-state index contributed by atoms with van der Waals surface area (Å²) >= 11 is 0. The van der Waals surface area contributed by atoms with E-state index in [9.17, 15) is 0 Å². The minimum absolute atomic E-state index is 0.913. The minimum Gasteiger partial charge on any atom is -0.455 e. The second kappa shape index (κ2) is 11.6. The van der Waals surface area contributed by atoms with Gasteiger partial charge in [-0.1, -0.05) is 140 Å². The molecule has 0 spiro atoms. The fourth-order valence-corrected chi connectivity index (χ4v) is 9.00. The van der Waals surface area contributed by atoms with E-state index in [1.165, 1.54) is 65.5 Å². The molecule has 0 aliphatic heterocycles. The van der Waals surface area contributed by atoms with Crippen LogP contribution in [-0.2, 0) is 0 Å².